The van der Waals surface area contributed by atoms with Crippen LogP contribution in [0.1, 0.15) is 46.9 Å². The molecule has 0 atom stereocenters. The Kier molecular flexibility index (Phi) is 6.02. The van der Waals surface area contributed by atoms with Crippen LogP contribution in [0.2, 0.25) is 0 Å². The van der Waals surface area contributed by atoms with E-state index < -0.39 is 0 Å². The first kappa shape index (κ1) is 15.7. The van der Waals surface area contributed by atoms with Crippen molar-refractivity contribution in [3.8, 4) is 0 Å². The summed E-state index contributed by atoms with van der Waals surface area (Å²) in [5.41, 5.74) is -0.0285. The van der Waals surface area contributed by atoms with Crippen molar-refractivity contribution in [1.82, 2.24) is 9.97 Å². The summed E-state index contributed by atoms with van der Waals surface area (Å²) in [6.45, 7) is 12.4. The Labute approximate surface area is 116 Å². The van der Waals surface area contributed by atoms with Crippen LogP contribution in [0.15, 0.2) is 6.07 Å². The maximum atomic E-state index is 5.38. The van der Waals surface area contributed by atoms with Crippen molar-refractivity contribution in [3.05, 3.63) is 11.9 Å². The van der Waals surface area contributed by atoms with Gasteiger partial charge in [-0.1, -0.05) is 6.92 Å². The number of nitrogens with zero attached hydrogens (tertiary/aromatic N) is 2. The maximum absolute atomic E-state index is 5.38. The zero-order valence-corrected chi connectivity index (χ0v) is 12.7. The van der Waals surface area contributed by atoms with E-state index in [9.17, 15) is 0 Å². The number of hydrogen-bond donors (Lipinski definition) is 2. The van der Waals surface area contributed by atoms with Gasteiger partial charge in [0, 0.05) is 24.8 Å². The minimum atomic E-state index is -0.0285. The molecule has 0 amide bonds. The van der Waals surface area contributed by atoms with Crippen LogP contribution in [-0.2, 0) is 11.3 Å². The molecule has 0 aromatic carbocycles. The summed E-state index contributed by atoms with van der Waals surface area (Å²) < 4.78 is 5.38. The number of aromatic nitrogens is 2. The van der Waals surface area contributed by atoms with E-state index in [4.69, 9.17) is 4.74 Å². The van der Waals surface area contributed by atoms with Gasteiger partial charge in [0.05, 0.1) is 0 Å². The van der Waals surface area contributed by atoms with Crippen LogP contribution in [0, 0.1) is 0 Å². The highest BCUT2D eigenvalue weighted by Gasteiger charge is 2.12. The number of ether oxygens (including phenoxy) is 1. The molecule has 2 N–H and O–H groups in total. The third-order valence-electron chi connectivity index (χ3n) is 2.27. The zero-order valence-electron chi connectivity index (χ0n) is 12.7. The largest absolute Gasteiger partial charge is 0.374 e. The lowest BCUT2D eigenvalue weighted by molar-refractivity contribution is 0.128. The molecule has 5 nitrogen and oxygen atoms in total. The summed E-state index contributed by atoms with van der Waals surface area (Å²) in [7, 11) is 0. The lowest BCUT2D eigenvalue weighted by Crippen LogP contribution is -2.27. The molecule has 0 unspecified atom stereocenters. The van der Waals surface area contributed by atoms with E-state index >= 15 is 0 Å². The molecule has 5 heteroatoms. The smallest absolute Gasteiger partial charge is 0.158 e. The highest BCUT2D eigenvalue weighted by Crippen LogP contribution is 2.16. The molecule has 0 saturated heterocycles. The van der Waals surface area contributed by atoms with Crippen molar-refractivity contribution in [2.24, 2.45) is 0 Å². The van der Waals surface area contributed by atoms with Crippen molar-refractivity contribution in [2.45, 2.75) is 53.2 Å². The second-order valence-electron chi connectivity index (χ2n) is 5.49. The number of rotatable bonds is 7. The van der Waals surface area contributed by atoms with Crippen molar-refractivity contribution >= 4 is 11.6 Å². The summed E-state index contributed by atoms with van der Waals surface area (Å²) >= 11 is 0. The molecular weight excluding hydrogens is 240 g/mol. The first-order chi connectivity index (χ1) is 8.94. The molecule has 0 aliphatic carbocycles. The summed E-state index contributed by atoms with van der Waals surface area (Å²) in [4.78, 5) is 8.93. The first-order valence-corrected chi connectivity index (χ1v) is 6.92. The van der Waals surface area contributed by atoms with E-state index in [0.29, 0.717) is 19.0 Å². The topological polar surface area (TPSA) is 59.1 Å². The molecule has 0 bridgehead atoms. The van der Waals surface area contributed by atoms with E-state index in [1.54, 1.807) is 0 Å². The van der Waals surface area contributed by atoms with Crippen LogP contribution in [0.5, 0.6) is 0 Å². The molecule has 0 spiro atoms. The lowest BCUT2D eigenvalue weighted by atomic mass is 10.1. The van der Waals surface area contributed by atoms with E-state index in [0.717, 1.165) is 24.6 Å². The second-order valence-corrected chi connectivity index (χ2v) is 5.49. The molecule has 1 rings (SSSR count). The zero-order chi connectivity index (χ0) is 14.3. The van der Waals surface area contributed by atoms with E-state index in [1.165, 1.54) is 0 Å². The Morgan fingerprint density at radius 2 is 1.84 bits per heavy atom. The van der Waals surface area contributed by atoms with Crippen molar-refractivity contribution in [1.29, 1.82) is 0 Å². The van der Waals surface area contributed by atoms with Crippen molar-refractivity contribution in [2.75, 3.05) is 23.8 Å². The summed E-state index contributed by atoms with van der Waals surface area (Å²) in [6.07, 6.45) is 1.06. The van der Waals surface area contributed by atoms with Gasteiger partial charge >= 0.3 is 0 Å². The molecule has 1 aromatic heterocycles. The van der Waals surface area contributed by atoms with Crippen LogP contribution < -0.4 is 10.6 Å². The van der Waals surface area contributed by atoms with Gasteiger partial charge in [-0.15, -0.1) is 0 Å². The van der Waals surface area contributed by atoms with Gasteiger partial charge in [-0.05, 0) is 34.1 Å². The molecule has 19 heavy (non-hydrogen) atoms. The summed E-state index contributed by atoms with van der Waals surface area (Å²) in [5.74, 6) is 2.38. The highest BCUT2D eigenvalue weighted by atomic mass is 16.5. The Balaban J connectivity index is 2.88. The van der Waals surface area contributed by atoms with E-state index in [2.05, 4.69) is 48.3 Å². The van der Waals surface area contributed by atoms with Crippen LogP contribution >= 0.6 is 0 Å². The van der Waals surface area contributed by atoms with E-state index in [-0.39, 0.29) is 5.54 Å². The molecule has 108 valence electrons. The normalized spacial score (nSPS) is 11.4. The molecule has 0 aliphatic heterocycles. The monoisotopic (exact) mass is 266 g/mol. The molecule has 0 aliphatic rings. The van der Waals surface area contributed by atoms with Crippen molar-refractivity contribution < 1.29 is 4.74 Å². The van der Waals surface area contributed by atoms with Crippen molar-refractivity contribution in [3.63, 3.8) is 0 Å². The molecule has 1 aromatic rings. The minimum absolute atomic E-state index is 0.0285. The number of hydrogen-bond acceptors (Lipinski definition) is 5. The molecular formula is C14H26N4O. The van der Waals surface area contributed by atoms with E-state index in [1.807, 2.05) is 13.0 Å². The standard InChI is InChI=1S/C14H26N4O/c1-6-8-15-11-9-12(18-14(3,4)5)17-13(16-11)10-19-7-2/h9H,6-8,10H2,1-5H3,(H2,15,16,17,18). The Morgan fingerprint density at radius 3 is 2.42 bits per heavy atom. The first-order valence-electron chi connectivity index (χ1n) is 6.92. The summed E-state index contributed by atoms with van der Waals surface area (Å²) in [5, 5.41) is 6.66. The van der Waals surface area contributed by atoms with Crippen LogP contribution in [0.4, 0.5) is 11.6 Å². The predicted molar refractivity (Wildman–Crippen MR) is 79.5 cm³/mol. The second kappa shape index (κ2) is 7.28. The average Bonchev–Trinajstić information content (AvgIpc) is 2.31. The van der Waals surface area contributed by atoms with Crippen LogP contribution in [0.25, 0.3) is 0 Å². The van der Waals surface area contributed by atoms with Gasteiger partial charge in [-0.25, -0.2) is 9.97 Å². The van der Waals surface area contributed by atoms with Gasteiger partial charge in [0.2, 0.25) is 0 Å². The average molecular weight is 266 g/mol. The molecule has 0 radical (unpaired) electrons. The highest BCUT2D eigenvalue weighted by molar-refractivity contribution is 5.48. The van der Waals surface area contributed by atoms with Gasteiger partial charge < -0.3 is 15.4 Å². The fraction of sp³-hybridized carbons (Fsp3) is 0.714. The van der Waals surface area contributed by atoms with Crippen LogP contribution in [0.3, 0.4) is 0 Å². The fourth-order valence-corrected chi connectivity index (χ4v) is 1.55. The predicted octanol–water partition coefficient (Wildman–Crippen LogP) is 3.05. The quantitative estimate of drug-likeness (QED) is 0.794. The van der Waals surface area contributed by atoms with Gasteiger partial charge in [-0.3, -0.25) is 0 Å². The number of nitrogens with one attached hydrogen (secondary N) is 2. The maximum Gasteiger partial charge on any atom is 0.158 e. The molecule has 1 heterocycles. The SMILES string of the molecule is CCCNc1cc(NC(C)(C)C)nc(COCC)n1. The third-order valence-corrected chi connectivity index (χ3v) is 2.27. The van der Waals surface area contributed by atoms with Gasteiger partial charge in [0.25, 0.3) is 0 Å². The van der Waals surface area contributed by atoms with Gasteiger partial charge in [0.1, 0.15) is 18.2 Å². The summed E-state index contributed by atoms with van der Waals surface area (Å²) in [6, 6.07) is 1.94. The minimum Gasteiger partial charge on any atom is -0.374 e. The molecule has 0 saturated carbocycles. The third kappa shape index (κ3) is 6.38. The van der Waals surface area contributed by atoms with Crippen LogP contribution in [-0.4, -0.2) is 28.7 Å². The lowest BCUT2D eigenvalue weighted by Gasteiger charge is -2.22. The Morgan fingerprint density at radius 1 is 1.16 bits per heavy atom. The number of anilines is 2. The van der Waals surface area contributed by atoms with Gasteiger partial charge in [0.15, 0.2) is 5.82 Å². The fourth-order valence-electron chi connectivity index (χ4n) is 1.55. The molecule has 0 fully saturated rings. The Bertz CT molecular complexity index is 361. The Hall–Kier alpha value is -1.36. The van der Waals surface area contributed by atoms with Gasteiger partial charge in [-0.2, -0.15) is 0 Å².